The number of fused-ring (bicyclic) bond motifs is 2. The lowest BCUT2D eigenvalue weighted by Crippen LogP contribution is -2.41. The zero-order valence-electron chi connectivity index (χ0n) is 19.5. The summed E-state index contributed by atoms with van der Waals surface area (Å²) in [6, 6.07) is 6.23. The van der Waals surface area contributed by atoms with Crippen molar-refractivity contribution < 1.29 is 18.8 Å². The van der Waals surface area contributed by atoms with Crippen LogP contribution in [-0.2, 0) is 14.0 Å². The Morgan fingerprint density at radius 1 is 1.19 bits per heavy atom. The highest BCUT2D eigenvalue weighted by atomic mass is 16.7. The van der Waals surface area contributed by atoms with Crippen molar-refractivity contribution in [2.24, 2.45) is 5.92 Å². The number of aromatic nitrogens is 2. The average molecular weight is 425 g/mol. The van der Waals surface area contributed by atoms with Crippen LogP contribution in [0.2, 0.25) is 0 Å². The van der Waals surface area contributed by atoms with Crippen molar-refractivity contribution in [3.05, 3.63) is 24.0 Å². The maximum absolute atomic E-state index is 12.9. The van der Waals surface area contributed by atoms with Crippen molar-refractivity contribution in [2.75, 3.05) is 0 Å². The van der Waals surface area contributed by atoms with Crippen molar-refractivity contribution in [1.82, 2.24) is 14.9 Å². The number of hydrogen-bond acceptors (Lipinski definition) is 5. The van der Waals surface area contributed by atoms with Gasteiger partial charge in [-0.05, 0) is 84.8 Å². The minimum atomic E-state index is -0.514. The number of imidazole rings is 1. The van der Waals surface area contributed by atoms with Gasteiger partial charge in [-0.25, -0.2) is 9.78 Å². The number of carbonyl (C=O) groups is 1. The van der Waals surface area contributed by atoms with Crippen LogP contribution in [0.1, 0.15) is 73.2 Å². The molecule has 3 fully saturated rings. The van der Waals surface area contributed by atoms with Gasteiger partial charge in [0.15, 0.2) is 0 Å². The first kappa shape index (κ1) is 20.8. The minimum absolute atomic E-state index is 0.0775. The highest BCUT2D eigenvalue weighted by molar-refractivity contribution is 6.62. The molecule has 166 valence electrons. The van der Waals surface area contributed by atoms with Gasteiger partial charge < -0.3 is 19.0 Å². The molecule has 3 atom stereocenters. The SMILES string of the molecule is CC(C)(C)OC(=O)N1C2C[C@@H]2C[C@H]1c1nc2ccc(B3OC(C)(C)C(C)(C)O3)cc2[nH]1. The smallest absolute Gasteiger partial charge is 0.444 e. The lowest BCUT2D eigenvalue weighted by molar-refractivity contribution is 0.00578. The van der Waals surface area contributed by atoms with Crippen LogP contribution in [0.15, 0.2) is 18.2 Å². The predicted molar refractivity (Wildman–Crippen MR) is 119 cm³/mol. The monoisotopic (exact) mass is 425 g/mol. The second-order valence-corrected chi connectivity index (χ2v) is 11.2. The molecule has 1 aromatic carbocycles. The molecule has 1 amide bonds. The van der Waals surface area contributed by atoms with E-state index in [1.165, 1.54) is 0 Å². The van der Waals surface area contributed by atoms with E-state index in [0.717, 1.165) is 35.2 Å². The first-order valence-electron chi connectivity index (χ1n) is 11.2. The van der Waals surface area contributed by atoms with Gasteiger partial charge in [0, 0.05) is 6.04 Å². The van der Waals surface area contributed by atoms with E-state index in [1.807, 2.05) is 43.9 Å². The number of aromatic amines is 1. The standard InChI is InChI=1S/C23H32BN3O4/c1-21(2,3)29-20(28)27-17-10-13(17)11-18(27)19-25-15-9-8-14(12-16(15)26-19)24-30-22(4,5)23(6,7)31-24/h8-9,12-13,17-18H,10-11H2,1-7H3,(H,25,26)/t13-,17?,18+/m1/s1. The number of hydrogen-bond donors (Lipinski definition) is 1. The second kappa shape index (κ2) is 6.48. The number of likely N-dealkylation sites (tertiary alicyclic amines) is 1. The van der Waals surface area contributed by atoms with E-state index in [4.69, 9.17) is 19.0 Å². The van der Waals surface area contributed by atoms with Crippen LogP contribution in [0.4, 0.5) is 4.79 Å². The molecule has 1 aromatic heterocycles. The Bertz CT molecular complexity index is 1030. The zero-order valence-corrected chi connectivity index (χ0v) is 19.5. The summed E-state index contributed by atoms with van der Waals surface area (Å²) in [5, 5.41) is 0. The van der Waals surface area contributed by atoms with Gasteiger partial charge in [0.1, 0.15) is 11.4 Å². The molecule has 1 saturated carbocycles. The van der Waals surface area contributed by atoms with Crippen LogP contribution in [0, 0.1) is 5.92 Å². The lowest BCUT2D eigenvalue weighted by Gasteiger charge is -2.32. The topological polar surface area (TPSA) is 76.7 Å². The highest BCUT2D eigenvalue weighted by Gasteiger charge is 2.56. The second-order valence-electron chi connectivity index (χ2n) is 11.2. The van der Waals surface area contributed by atoms with Crippen LogP contribution in [0.5, 0.6) is 0 Å². The molecule has 1 unspecified atom stereocenters. The number of carbonyl (C=O) groups excluding carboxylic acids is 1. The fourth-order valence-corrected chi connectivity index (χ4v) is 4.61. The molecule has 3 heterocycles. The van der Waals surface area contributed by atoms with Gasteiger partial charge in [-0.15, -0.1) is 0 Å². The van der Waals surface area contributed by atoms with Gasteiger partial charge in [0.25, 0.3) is 0 Å². The first-order chi connectivity index (χ1) is 14.3. The predicted octanol–water partition coefficient (Wildman–Crippen LogP) is 3.93. The normalized spacial score (nSPS) is 28.8. The molecule has 0 bridgehead atoms. The van der Waals surface area contributed by atoms with Gasteiger partial charge >= 0.3 is 13.2 Å². The summed E-state index contributed by atoms with van der Waals surface area (Å²) in [4.78, 5) is 23.0. The Balaban J connectivity index is 1.41. The summed E-state index contributed by atoms with van der Waals surface area (Å²) in [6.45, 7) is 13.9. The van der Waals surface area contributed by atoms with Crippen molar-refractivity contribution in [3.63, 3.8) is 0 Å². The van der Waals surface area contributed by atoms with Crippen LogP contribution in [0.3, 0.4) is 0 Å². The number of nitrogens with one attached hydrogen (secondary N) is 1. The van der Waals surface area contributed by atoms with E-state index in [1.54, 1.807) is 0 Å². The number of H-pyrrole nitrogens is 1. The molecule has 8 heteroatoms. The molecule has 1 N–H and O–H groups in total. The summed E-state index contributed by atoms with van der Waals surface area (Å²) >= 11 is 0. The van der Waals surface area contributed by atoms with Gasteiger partial charge in [-0.1, -0.05) is 6.07 Å². The number of rotatable bonds is 2. The summed E-state index contributed by atoms with van der Waals surface area (Å²) in [6.07, 6.45) is 1.73. The van der Waals surface area contributed by atoms with Crippen LogP contribution < -0.4 is 5.46 Å². The molecular formula is C23H32BN3O4. The fraction of sp³-hybridized carbons (Fsp3) is 0.652. The van der Waals surface area contributed by atoms with Gasteiger partial charge in [0.2, 0.25) is 0 Å². The Labute approximate surface area is 184 Å². The van der Waals surface area contributed by atoms with Crippen molar-refractivity contribution in [3.8, 4) is 0 Å². The third kappa shape index (κ3) is 3.54. The van der Waals surface area contributed by atoms with E-state index < -0.39 is 12.7 Å². The fourth-order valence-electron chi connectivity index (χ4n) is 4.61. The quantitative estimate of drug-likeness (QED) is 0.738. The van der Waals surface area contributed by atoms with Crippen LogP contribution in [-0.4, -0.2) is 50.9 Å². The van der Waals surface area contributed by atoms with Gasteiger partial charge in [0.05, 0.1) is 28.3 Å². The number of amides is 1. The number of nitrogens with zero attached hydrogens (tertiary/aromatic N) is 2. The summed E-state index contributed by atoms with van der Waals surface area (Å²) in [7, 11) is -0.418. The Morgan fingerprint density at radius 2 is 1.87 bits per heavy atom. The molecule has 2 aliphatic heterocycles. The summed E-state index contributed by atoms with van der Waals surface area (Å²) in [5.41, 5.74) is 1.47. The minimum Gasteiger partial charge on any atom is -0.444 e. The molecule has 0 spiro atoms. The van der Waals surface area contributed by atoms with Gasteiger partial charge in [-0.2, -0.15) is 0 Å². The molecule has 2 aromatic rings. The van der Waals surface area contributed by atoms with Crippen LogP contribution >= 0.6 is 0 Å². The number of piperidine rings is 1. The summed E-state index contributed by atoms with van der Waals surface area (Å²) < 4.78 is 18.1. The van der Waals surface area contributed by atoms with E-state index in [-0.39, 0.29) is 29.4 Å². The third-order valence-corrected chi connectivity index (χ3v) is 7.07. The first-order valence-corrected chi connectivity index (χ1v) is 11.2. The Morgan fingerprint density at radius 3 is 2.52 bits per heavy atom. The number of ether oxygens (including phenoxy) is 1. The largest absolute Gasteiger partial charge is 0.494 e. The zero-order chi connectivity index (χ0) is 22.3. The molecule has 3 aliphatic rings. The van der Waals surface area contributed by atoms with E-state index >= 15 is 0 Å². The maximum Gasteiger partial charge on any atom is 0.494 e. The average Bonchev–Trinajstić information content (AvgIpc) is 3.02. The molecule has 2 saturated heterocycles. The number of benzene rings is 1. The van der Waals surface area contributed by atoms with E-state index in [2.05, 4.69) is 32.7 Å². The van der Waals surface area contributed by atoms with E-state index in [9.17, 15) is 4.79 Å². The maximum atomic E-state index is 12.9. The van der Waals surface area contributed by atoms with Crippen LogP contribution in [0.25, 0.3) is 11.0 Å². The molecule has 0 radical (unpaired) electrons. The molecule has 5 rings (SSSR count). The lowest BCUT2D eigenvalue weighted by atomic mass is 9.79. The Kier molecular flexibility index (Phi) is 4.35. The molecule has 31 heavy (non-hydrogen) atoms. The van der Waals surface area contributed by atoms with Crippen molar-refractivity contribution >= 4 is 29.7 Å². The molecular weight excluding hydrogens is 393 g/mol. The van der Waals surface area contributed by atoms with E-state index in [0.29, 0.717) is 5.92 Å². The van der Waals surface area contributed by atoms with Gasteiger partial charge in [-0.3, -0.25) is 4.90 Å². The Hall–Kier alpha value is -2.06. The van der Waals surface area contributed by atoms with Crippen molar-refractivity contribution in [2.45, 2.75) is 90.2 Å². The molecule has 1 aliphatic carbocycles. The van der Waals surface area contributed by atoms with Crippen molar-refractivity contribution in [1.29, 1.82) is 0 Å². The third-order valence-electron chi connectivity index (χ3n) is 7.07. The summed E-state index contributed by atoms with van der Waals surface area (Å²) in [5.74, 6) is 1.37. The highest BCUT2D eigenvalue weighted by Crippen LogP contribution is 2.53. The molecule has 7 nitrogen and oxygen atoms in total.